The van der Waals surface area contributed by atoms with Crippen molar-refractivity contribution in [2.75, 3.05) is 0 Å². The highest BCUT2D eigenvalue weighted by molar-refractivity contribution is 5.81. The van der Waals surface area contributed by atoms with Gasteiger partial charge >= 0.3 is 0 Å². The molecule has 132 valence electrons. The number of benzene rings is 3. The predicted molar refractivity (Wildman–Crippen MR) is 107 cm³/mol. The second kappa shape index (κ2) is 8.94. The summed E-state index contributed by atoms with van der Waals surface area (Å²) in [5.41, 5.74) is 4.03. The molecule has 0 heterocycles. The molecule has 3 nitrogen and oxygen atoms in total. The van der Waals surface area contributed by atoms with Crippen LogP contribution >= 0.6 is 0 Å². The third-order valence-corrected chi connectivity index (χ3v) is 3.97. The van der Waals surface area contributed by atoms with E-state index >= 15 is 0 Å². The van der Waals surface area contributed by atoms with Gasteiger partial charge in [0.05, 0.1) is 0 Å². The van der Waals surface area contributed by atoms with Gasteiger partial charge in [-0.1, -0.05) is 54.0 Å². The van der Waals surface area contributed by atoms with Crippen LogP contribution in [0.2, 0.25) is 0 Å². The van der Waals surface area contributed by atoms with E-state index in [1.54, 1.807) is 60.7 Å². The molecule has 0 unspecified atom stereocenters. The van der Waals surface area contributed by atoms with Crippen LogP contribution in [0.5, 0.6) is 0 Å². The SMILES string of the molecule is O=Cc1cccc(C#Cc2ccc(C#Cc3ccccc3C=O)cc2C=O)c1. The molecule has 0 radical (unpaired) electrons. The van der Waals surface area contributed by atoms with E-state index in [2.05, 4.69) is 23.7 Å². The minimum atomic E-state index is 0.425. The topological polar surface area (TPSA) is 51.2 Å². The first kappa shape index (κ1) is 18.6. The summed E-state index contributed by atoms with van der Waals surface area (Å²) in [4.78, 5) is 33.4. The number of hydrogen-bond acceptors (Lipinski definition) is 3. The van der Waals surface area contributed by atoms with Crippen LogP contribution in [-0.4, -0.2) is 18.9 Å². The molecule has 0 amide bonds. The normalized spacial score (nSPS) is 9.29. The van der Waals surface area contributed by atoms with Crippen LogP contribution in [-0.2, 0) is 0 Å². The zero-order valence-corrected chi connectivity index (χ0v) is 14.8. The fraction of sp³-hybridized carbons (Fsp3) is 0. The van der Waals surface area contributed by atoms with Gasteiger partial charge in [-0.2, -0.15) is 0 Å². The molecule has 0 aromatic heterocycles. The van der Waals surface area contributed by atoms with Gasteiger partial charge in [0.2, 0.25) is 0 Å². The summed E-state index contributed by atoms with van der Waals surface area (Å²) in [7, 11) is 0. The Labute approximate surface area is 163 Å². The molecule has 3 aromatic rings. The number of rotatable bonds is 3. The third kappa shape index (κ3) is 4.49. The average molecular weight is 362 g/mol. The lowest BCUT2D eigenvalue weighted by molar-refractivity contribution is 0.111. The molecule has 28 heavy (non-hydrogen) atoms. The molecular formula is C25H14O3. The van der Waals surface area contributed by atoms with Gasteiger partial charge in [-0.3, -0.25) is 14.4 Å². The fourth-order valence-corrected chi connectivity index (χ4v) is 2.53. The molecule has 3 aromatic carbocycles. The Hall–Kier alpha value is -4.21. The molecule has 3 rings (SSSR count). The number of carbonyl (C=O) groups is 3. The highest BCUT2D eigenvalue weighted by atomic mass is 16.1. The van der Waals surface area contributed by atoms with Gasteiger partial charge in [-0.15, -0.1) is 0 Å². The molecule has 0 aliphatic heterocycles. The number of carbonyl (C=O) groups excluding carboxylic acids is 3. The van der Waals surface area contributed by atoms with Crippen LogP contribution in [0.4, 0.5) is 0 Å². The highest BCUT2D eigenvalue weighted by Gasteiger charge is 2.01. The summed E-state index contributed by atoms with van der Waals surface area (Å²) in [5.74, 6) is 11.8. The van der Waals surface area contributed by atoms with Crippen LogP contribution < -0.4 is 0 Å². The minimum Gasteiger partial charge on any atom is -0.298 e. The maximum absolute atomic E-state index is 11.5. The van der Waals surface area contributed by atoms with Crippen molar-refractivity contribution in [3.05, 3.63) is 106 Å². The van der Waals surface area contributed by atoms with Gasteiger partial charge in [0.15, 0.2) is 12.6 Å². The summed E-state index contributed by atoms with van der Waals surface area (Å²) in [6, 6.07) is 19.2. The summed E-state index contributed by atoms with van der Waals surface area (Å²) in [6.07, 6.45) is 2.26. The van der Waals surface area contributed by atoms with Gasteiger partial charge in [0.25, 0.3) is 0 Å². The van der Waals surface area contributed by atoms with Crippen LogP contribution in [0.3, 0.4) is 0 Å². The smallest absolute Gasteiger partial charge is 0.151 e. The highest BCUT2D eigenvalue weighted by Crippen LogP contribution is 2.11. The maximum atomic E-state index is 11.5. The summed E-state index contributed by atoms with van der Waals surface area (Å²) < 4.78 is 0. The number of aldehydes is 3. The standard InChI is InChI=1S/C25H14O3/c26-16-21-5-3-4-19(14-21)8-12-23-13-10-20(15-25(23)18-28)9-11-22-6-1-2-7-24(22)17-27/h1-7,10,13-18H. The summed E-state index contributed by atoms with van der Waals surface area (Å²) >= 11 is 0. The van der Waals surface area contributed by atoms with Crippen molar-refractivity contribution in [1.29, 1.82) is 0 Å². The molecule has 0 saturated heterocycles. The molecule has 0 aliphatic rings. The molecule has 3 heteroatoms. The lowest BCUT2D eigenvalue weighted by Crippen LogP contribution is -1.90. The third-order valence-electron chi connectivity index (χ3n) is 3.97. The largest absolute Gasteiger partial charge is 0.298 e. The lowest BCUT2D eigenvalue weighted by atomic mass is 10.0. The van der Waals surface area contributed by atoms with E-state index in [1.807, 2.05) is 6.07 Å². The van der Waals surface area contributed by atoms with Crippen LogP contribution in [0.1, 0.15) is 53.3 Å². The average Bonchev–Trinajstić information content (AvgIpc) is 2.76. The Morgan fingerprint density at radius 3 is 1.93 bits per heavy atom. The van der Waals surface area contributed by atoms with Gasteiger partial charge in [-0.05, 0) is 36.4 Å². The van der Waals surface area contributed by atoms with Crippen molar-refractivity contribution in [1.82, 2.24) is 0 Å². The van der Waals surface area contributed by atoms with E-state index in [0.717, 1.165) is 18.9 Å². The van der Waals surface area contributed by atoms with Crippen LogP contribution in [0.25, 0.3) is 0 Å². The van der Waals surface area contributed by atoms with Gasteiger partial charge in [-0.25, -0.2) is 0 Å². The molecule has 0 atom stereocenters. The molecule has 0 aliphatic carbocycles. The van der Waals surface area contributed by atoms with Gasteiger partial charge < -0.3 is 0 Å². The Kier molecular flexibility index (Phi) is 5.93. The van der Waals surface area contributed by atoms with Gasteiger partial charge in [0, 0.05) is 38.9 Å². The van der Waals surface area contributed by atoms with Crippen LogP contribution in [0, 0.1) is 23.7 Å². The molecule has 0 bridgehead atoms. The van der Waals surface area contributed by atoms with E-state index in [-0.39, 0.29) is 0 Å². The quantitative estimate of drug-likeness (QED) is 0.524. The first-order valence-corrected chi connectivity index (χ1v) is 8.46. The molecular weight excluding hydrogens is 348 g/mol. The molecule has 0 saturated carbocycles. The summed E-state index contributed by atoms with van der Waals surface area (Å²) in [6.45, 7) is 0. The second-order valence-corrected chi connectivity index (χ2v) is 5.87. The Bertz CT molecular complexity index is 1180. The Morgan fingerprint density at radius 2 is 1.21 bits per heavy atom. The second-order valence-electron chi connectivity index (χ2n) is 5.87. The molecule has 0 N–H and O–H groups in total. The van der Waals surface area contributed by atoms with Gasteiger partial charge in [0.1, 0.15) is 6.29 Å². The molecule has 0 spiro atoms. The Balaban J connectivity index is 1.91. The minimum absolute atomic E-state index is 0.425. The van der Waals surface area contributed by atoms with Crippen molar-refractivity contribution >= 4 is 18.9 Å². The zero-order chi connectivity index (χ0) is 19.8. The van der Waals surface area contributed by atoms with Crippen molar-refractivity contribution in [2.45, 2.75) is 0 Å². The van der Waals surface area contributed by atoms with E-state index in [4.69, 9.17) is 0 Å². The molecule has 0 fully saturated rings. The Morgan fingerprint density at radius 1 is 0.536 bits per heavy atom. The zero-order valence-electron chi connectivity index (χ0n) is 14.8. The lowest BCUT2D eigenvalue weighted by Gasteiger charge is -1.99. The van der Waals surface area contributed by atoms with E-state index in [0.29, 0.717) is 38.9 Å². The van der Waals surface area contributed by atoms with Crippen molar-refractivity contribution < 1.29 is 14.4 Å². The van der Waals surface area contributed by atoms with Crippen LogP contribution in [0.15, 0.2) is 66.7 Å². The van der Waals surface area contributed by atoms with Crippen molar-refractivity contribution in [3.63, 3.8) is 0 Å². The van der Waals surface area contributed by atoms with E-state index < -0.39 is 0 Å². The van der Waals surface area contributed by atoms with Crippen molar-refractivity contribution in [3.8, 4) is 23.7 Å². The maximum Gasteiger partial charge on any atom is 0.151 e. The fourth-order valence-electron chi connectivity index (χ4n) is 2.53. The number of hydrogen-bond donors (Lipinski definition) is 0. The first-order chi connectivity index (χ1) is 13.7. The van der Waals surface area contributed by atoms with E-state index in [9.17, 15) is 14.4 Å². The predicted octanol–water partition coefficient (Wildman–Crippen LogP) is 3.92. The van der Waals surface area contributed by atoms with Crippen molar-refractivity contribution in [2.24, 2.45) is 0 Å². The summed E-state index contributed by atoms with van der Waals surface area (Å²) in [5, 5.41) is 0. The first-order valence-electron chi connectivity index (χ1n) is 8.46. The van der Waals surface area contributed by atoms with E-state index in [1.165, 1.54) is 0 Å². The monoisotopic (exact) mass is 362 g/mol.